The van der Waals surface area contributed by atoms with Crippen molar-refractivity contribution in [3.05, 3.63) is 117 Å². The van der Waals surface area contributed by atoms with Gasteiger partial charge in [0.1, 0.15) is 0 Å². The third-order valence-electron chi connectivity index (χ3n) is 6.41. The van der Waals surface area contributed by atoms with E-state index in [-0.39, 0.29) is 39.9 Å². The van der Waals surface area contributed by atoms with Crippen LogP contribution < -0.4 is 24.5 Å². The maximum Gasteiger partial charge on any atom is 0.344 e. The van der Waals surface area contributed by atoms with Gasteiger partial charge in [-0.2, -0.15) is 9.78 Å². The number of carbonyl (C=O) groups excluding carboxylic acids is 1. The van der Waals surface area contributed by atoms with Gasteiger partial charge >= 0.3 is 11.7 Å². The van der Waals surface area contributed by atoms with Crippen LogP contribution >= 0.6 is 0 Å². The highest BCUT2D eigenvalue weighted by atomic mass is 16.6. The molecular formula is C31H24N4O8. The van der Waals surface area contributed by atoms with Gasteiger partial charge < -0.3 is 18.9 Å². The fourth-order valence-electron chi connectivity index (χ4n) is 4.37. The van der Waals surface area contributed by atoms with E-state index in [2.05, 4.69) is 10.1 Å². The Kier molecular flexibility index (Phi) is 8.10. The Balaban J connectivity index is 1.62. The largest absolute Gasteiger partial charge is 0.493 e. The molecule has 0 spiro atoms. The minimum Gasteiger partial charge on any atom is -0.493 e. The zero-order valence-electron chi connectivity index (χ0n) is 23.2. The van der Waals surface area contributed by atoms with Crippen molar-refractivity contribution in [3.63, 3.8) is 0 Å². The molecule has 0 aliphatic rings. The molecule has 1 aromatic heterocycles. The smallest absolute Gasteiger partial charge is 0.344 e. The fraction of sp³-hybridized carbons (Fsp3) is 0.0968. The van der Waals surface area contributed by atoms with Crippen LogP contribution in [-0.2, 0) is 0 Å². The number of fused-ring (bicyclic) bond motifs is 1. The molecule has 0 aliphatic carbocycles. The first kappa shape index (κ1) is 28.5. The first-order valence-corrected chi connectivity index (χ1v) is 12.8. The molecule has 43 heavy (non-hydrogen) atoms. The van der Waals surface area contributed by atoms with E-state index in [1.54, 1.807) is 48.5 Å². The zero-order valence-corrected chi connectivity index (χ0v) is 23.2. The standard InChI is InChI=1S/C31H24N4O8/c1-40-25-16-21(17-26(41-2)28(25)42-3)31(37)43-27-20(12-9-15-24(27)35(38)39)18-32-34-29(19-10-5-4-6-11-19)33-23-14-8-7-13-22(23)30(34)36/h4-18H,1-3H3. The van der Waals surface area contributed by atoms with E-state index in [4.69, 9.17) is 18.9 Å². The highest BCUT2D eigenvalue weighted by Gasteiger charge is 2.25. The summed E-state index contributed by atoms with van der Waals surface area (Å²) < 4.78 is 22.6. The summed E-state index contributed by atoms with van der Waals surface area (Å²) in [6.45, 7) is 0. The third kappa shape index (κ3) is 5.61. The number of nitro benzene ring substituents is 1. The summed E-state index contributed by atoms with van der Waals surface area (Å²) in [4.78, 5) is 42.7. The number of nitro groups is 1. The maximum absolute atomic E-state index is 13.5. The molecule has 0 aliphatic heterocycles. The molecule has 5 rings (SSSR count). The Hall–Kier alpha value is -6.04. The number of para-hydroxylation sites is 2. The molecule has 12 heteroatoms. The van der Waals surface area contributed by atoms with Gasteiger partial charge in [-0.3, -0.25) is 14.9 Å². The van der Waals surface area contributed by atoms with Crippen molar-refractivity contribution in [3.8, 4) is 34.4 Å². The van der Waals surface area contributed by atoms with Crippen molar-refractivity contribution in [1.82, 2.24) is 9.66 Å². The van der Waals surface area contributed by atoms with Gasteiger partial charge in [-0.15, -0.1) is 0 Å². The Bertz CT molecular complexity index is 1910. The van der Waals surface area contributed by atoms with Crippen LogP contribution in [0, 0.1) is 10.1 Å². The molecule has 0 saturated carbocycles. The summed E-state index contributed by atoms with van der Waals surface area (Å²) in [5.74, 6) is -0.425. The predicted molar refractivity (Wildman–Crippen MR) is 159 cm³/mol. The average molecular weight is 581 g/mol. The lowest BCUT2D eigenvalue weighted by Crippen LogP contribution is -2.20. The summed E-state index contributed by atoms with van der Waals surface area (Å²) >= 11 is 0. The number of hydrogen-bond donors (Lipinski definition) is 0. The summed E-state index contributed by atoms with van der Waals surface area (Å²) in [6, 6.07) is 22.6. The van der Waals surface area contributed by atoms with Crippen molar-refractivity contribution < 1.29 is 28.7 Å². The molecule has 0 atom stereocenters. The Morgan fingerprint density at radius 2 is 1.56 bits per heavy atom. The van der Waals surface area contributed by atoms with E-state index in [0.29, 0.717) is 16.5 Å². The summed E-state index contributed by atoms with van der Waals surface area (Å²) in [5.41, 5.74) is 0.203. The fourth-order valence-corrected chi connectivity index (χ4v) is 4.37. The summed E-state index contributed by atoms with van der Waals surface area (Å²) in [5, 5.41) is 16.6. The lowest BCUT2D eigenvalue weighted by atomic mass is 10.1. The first-order chi connectivity index (χ1) is 20.9. The van der Waals surface area contributed by atoms with Crippen molar-refractivity contribution in [2.45, 2.75) is 0 Å². The number of esters is 1. The van der Waals surface area contributed by atoms with Crippen molar-refractivity contribution >= 4 is 28.8 Å². The van der Waals surface area contributed by atoms with Gasteiger partial charge in [0.15, 0.2) is 17.3 Å². The molecular weight excluding hydrogens is 556 g/mol. The van der Waals surface area contributed by atoms with Gasteiger partial charge in [-0.25, -0.2) is 9.78 Å². The van der Waals surface area contributed by atoms with Crippen molar-refractivity contribution in [1.29, 1.82) is 0 Å². The van der Waals surface area contributed by atoms with Crippen LogP contribution in [0.1, 0.15) is 15.9 Å². The number of methoxy groups -OCH3 is 3. The molecule has 0 saturated heterocycles. The van der Waals surface area contributed by atoms with Crippen LogP contribution in [0.4, 0.5) is 5.69 Å². The SMILES string of the molecule is COc1cc(C(=O)Oc2c(C=Nn3c(-c4ccccc4)nc4ccccc4c3=O)cccc2[N+](=O)[O-])cc(OC)c1OC. The number of rotatable bonds is 9. The van der Waals surface area contributed by atoms with Crippen LogP contribution in [0.3, 0.4) is 0 Å². The highest BCUT2D eigenvalue weighted by molar-refractivity contribution is 5.95. The molecule has 0 bridgehead atoms. The lowest BCUT2D eigenvalue weighted by Gasteiger charge is -2.14. The topological polar surface area (TPSA) is 144 Å². The lowest BCUT2D eigenvalue weighted by molar-refractivity contribution is -0.385. The average Bonchev–Trinajstić information content (AvgIpc) is 3.04. The Morgan fingerprint density at radius 3 is 2.21 bits per heavy atom. The van der Waals surface area contributed by atoms with E-state index in [0.717, 1.165) is 4.68 Å². The molecule has 0 fully saturated rings. The number of ether oxygens (including phenoxy) is 4. The second kappa shape index (κ2) is 12.2. The summed E-state index contributed by atoms with van der Waals surface area (Å²) in [7, 11) is 4.18. The Morgan fingerprint density at radius 1 is 0.884 bits per heavy atom. The zero-order chi connectivity index (χ0) is 30.5. The minimum absolute atomic E-state index is 0.0168. The van der Waals surface area contributed by atoms with Gasteiger partial charge in [0, 0.05) is 17.2 Å². The van der Waals surface area contributed by atoms with Gasteiger partial charge in [0.05, 0.1) is 48.9 Å². The number of benzene rings is 4. The second-order valence-electron chi connectivity index (χ2n) is 8.94. The van der Waals surface area contributed by atoms with E-state index in [9.17, 15) is 19.7 Å². The molecule has 216 valence electrons. The molecule has 0 unspecified atom stereocenters. The van der Waals surface area contributed by atoms with Gasteiger partial charge in [0.25, 0.3) is 5.56 Å². The quantitative estimate of drug-likeness (QED) is 0.0764. The minimum atomic E-state index is -0.933. The number of aromatic nitrogens is 2. The molecule has 0 radical (unpaired) electrons. The Labute approximate surface area is 244 Å². The van der Waals surface area contributed by atoms with Crippen LogP contribution in [0.25, 0.3) is 22.3 Å². The molecule has 0 N–H and O–H groups in total. The number of nitrogens with zero attached hydrogens (tertiary/aromatic N) is 4. The first-order valence-electron chi connectivity index (χ1n) is 12.8. The monoisotopic (exact) mass is 580 g/mol. The molecule has 4 aromatic carbocycles. The number of hydrogen-bond acceptors (Lipinski definition) is 10. The van der Waals surface area contributed by atoms with E-state index in [1.165, 1.54) is 57.9 Å². The van der Waals surface area contributed by atoms with Gasteiger partial charge in [-0.1, -0.05) is 48.5 Å². The maximum atomic E-state index is 13.5. The van der Waals surface area contributed by atoms with E-state index in [1.807, 2.05) is 6.07 Å². The predicted octanol–water partition coefficient (Wildman–Crippen LogP) is 5.10. The normalized spacial score (nSPS) is 11.0. The summed E-state index contributed by atoms with van der Waals surface area (Å²) in [6.07, 6.45) is 1.20. The van der Waals surface area contributed by atoms with Gasteiger partial charge in [-0.05, 0) is 30.3 Å². The molecule has 12 nitrogen and oxygen atoms in total. The third-order valence-corrected chi connectivity index (χ3v) is 6.41. The van der Waals surface area contributed by atoms with E-state index >= 15 is 0 Å². The molecule has 5 aromatic rings. The van der Waals surface area contributed by atoms with Crippen LogP contribution in [0.2, 0.25) is 0 Å². The van der Waals surface area contributed by atoms with Crippen molar-refractivity contribution in [2.24, 2.45) is 5.10 Å². The van der Waals surface area contributed by atoms with Crippen LogP contribution in [0.15, 0.2) is 94.8 Å². The number of carbonyl (C=O) groups is 1. The molecule has 1 heterocycles. The van der Waals surface area contributed by atoms with E-state index < -0.39 is 22.1 Å². The van der Waals surface area contributed by atoms with Crippen molar-refractivity contribution in [2.75, 3.05) is 21.3 Å². The molecule has 0 amide bonds. The second-order valence-corrected chi connectivity index (χ2v) is 8.94. The van der Waals surface area contributed by atoms with Crippen LogP contribution in [0.5, 0.6) is 23.0 Å². The van der Waals surface area contributed by atoms with Crippen LogP contribution in [-0.4, -0.2) is 48.1 Å². The van der Waals surface area contributed by atoms with Gasteiger partial charge in [0.2, 0.25) is 11.5 Å². The highest BCUT2D eigenvalue weighted by Crippen LogP contribution is 2.39.